The van der Waals surface area contributed by atoms with Gasteiger partial charge in [-0.05, 0) is 33.4 Å². The fourth-order valence-electron chi connectivity index (χ4n) is 1.12. The zero-order valence-electron chi connectivity index (χ0n) is 7.84. The van der Waals surface area contributed by atoms with Crippen LogP contribution in [0.25, 0.3) is 0 Å². The first-order valence-electron chi connectivity index (χ1n) is 4.56. The highest BCUT2D eigenvalue weighted by atomic mass is 16.5. The molecule has 0 radical (unpaired) electrons. The van der Waals surface area contributed by atoms with Crippen LogP contribution in [0.4, 0.5) is 0 Å². The van der Waals surface area contributed by atoms with Gasteiger partial charge >= 0.3 is 0 Å². The van der Waals surface area contributed by atoms with Gasteiger partial charge in [-0.15, -0.1) is 0 Å². The number of ether oxygens (including phenoxy) is 1. The summed E-state index contributed by atoms with van der Waals surface area (Å²) in [5.41, 5.74) is 0. The van der Waals surface area contributed by atoms with E-state index in [2.05, 4.69) is 25.9 Å². The number of nitrogens with zero attached hydrogens (tertiary/aromatic N) is 1. The first-order chi connectivity index (χ1) is 5.24. The molecule has 1 aliphatic rings. The Morgan fingerprint density at radius 3 is 2.45 bits per heavy atom. The van der Waals surface area contributed by atoms with Crippen molar-refractivity contribution in [3.63, 3.8) is 0 Å². The molecule has 0 heterocycles. The lowest BCUT2D eigenvalue weighted by Gasteiger charge is -2.23. The van der Waals surface area contributed by atoms with Gasteiger partial charge in [0.15, 0.2) is 0 Å². The summed E-state index contributed by atoms with van der Waals surface area (Å²) in [6.07, 6.45) is 5.84. The van der Waals surface area contributed by atoms with Gasteiger partial charge in [-0.25, -0.2) is 0 Å². The van der Waals surface area contributed by atoms with Gasteiger partial charge in [0, 0.05) is 0 Å². The molecule has 0 aromatic carbocycles. The molecule has 0 spiro atoms. The molecule has 1 fully saturated rings. The highest BCUT2D eigenvalue weighted by Gasteiger charge is 2.26. The molecule has 0 aliphatic heterocycles. The SMILES string of the molecule is CCCC(OC1CC1)N(C)C. The molecule has 66 valence electrons. The molecule has 0 aromatic heterocycles. The highest BCUT2D eigenvalue weighted by Crippen LogP contribution is 2.26. The summed E-state index contributed by atoms with van der Waals surface area (Å²) in [5, 5.41) is 0. The van der Waals surface area contributed by atoms with Gasteiger partial charge in [0.05, 0.1) is 6.10 Å². The second-order valence-electron chi connectivity index (χ2n) is 3.54. The molecule has 1 aliphatic carbocycles. The third-order valence-corrected chi connectivity index (χ3v) is 1.99. The van der Waals surface area contributed by atoms with Crippen molar-refractivity contribution in [2.75, 3.05) is 14.1 Å². The van der Waals surface area contributed by atoms with Crippen molar-refractivity contribution in [1.82, 2.24) is 4.90 Å². The Kier molecular flexibility index (Phi) is 3.34. The van der Waals surface area contributed by atoms with Gasteiger partial charge in [0.1, 0.15) is 6.23 Å². The van der Waals surface area contributed by atoms with Crippen molar-refractivity contribution in [3.8, 4) is 0 Å². The van der Waals surface area contributed by atoms with Crippen molar-refractivity contribution in [3.05, 3.63) is 0 Å². The smallest absolute Gasteiger partial charge is 0.110 e. The molecular formula is C9H19NO. The van der Waals surface area contributed by atoms with Crippen LogP contribution in [0.3, 0.4) is 0 Å². The van der Waals surface area contributed by atoms with Crippen LogP contribution in [0.15, 0.2) is 0 Å². The van der Waals surface area contributed by atoms with Crippen LogP contribution in [-0.2, 0) is 4.74 Å². The average Bonchev–Trinajstić information content (AvgIpc) is 2.70. The lowest BCUT2D eigenvalue weighted by Crippen LogP contribution is -2.31. The Bertz CT molecular complexity index is 110. The predicted molar refractivity (Wildman–Crippen MR) is 46.5 cm³/mol. The first-order valence-corrected chi connectivity index (χ1v) is 4.56. The van der Waals surface area contributed by atoms with E-state index in [1.54, 1.807) is 0 Å². The van der Waals surface area contributed by atoms with Gasteiger partial charge in [-0.1, -0.05) is 13.3 Å². The van der Waals surface area contributed by atoms with Crippen LogP contribution < -0.4 is 0 Å². The molecule has 1 atom stereocenters. The highest BCUT2D eigenvalue weighted by molar-refractivity contribution is 4.75. The molecule has 1 saturated carbocycles. The molecule has 0 saturated heterocycles. The van der Waals surface area contributed by atoms with E-state index in [-0.39, 0.29) is 0 Å². The van der Waals surface area contributed by atoms with E-state index in [1.165, 1.54) is 19.3 Å². The summed E-state index contributed by atoms with van der Waals surface area (Å²) in [7, 11) is 4.17. The lowest BCUT2D eigenvalue weighted by molar-refractivity contribution is -0.0510. The fourth-order valence-corrected chi connectivity index (χ4v) is 1.12. The number of hydrogen-bond acceptors (Lipinski definition) is 2. The molecule has 0 aromatic rings. The van der Waals surface area contributed by atoms with Crippen LogP contribution in [0, 0.1) is 0 Å². The molecule has 0 bridgehead atoms. The van der Waals surface area contributed by atoms with Crippen LogP contribution in [-0.4, -0.2) is 31.3 Å². The summed E-state index contributed by atoms with van der Waals surface area (Å²) in [6, 6.07) is 0. The van der Waals surface area contributed by atoms with Crippen molar-refractivity contribution < 1.29 is 4.74 Å². The molecule has 2 heteroatoms. The maximum absolute atomic E-state index is 5.79. The lowest BCUT2D eigenvalue weighted by atomic mass is 10.3. The molecular weight excluding hydrogens is 138 g/mol. The first kappa shape index (κ1) is 9.01. The third kappa shape index (κ3) is 3.21. The number of hydrogen-bond donors (Lipinski definition) is 0. The second kappa shape index (κ2) is 4.07. The molecule has 0 N–H and O–H groups in total. The normalized spacial score (nSPS) is 20.7. The monoisotopic (exact) mass is 157 g/mol. The van der Waals surface area contributed by atoms with Gasteiger partial charge in [0.2, 0.25) is 0 Å². The van der Waals surface area contributed by atoms with E-state index in [9.17, 15) is 0 Å². The van der Waals surface area contributed by atoms with Crippen LogP contribution >= 0.6 is 0 Å². The van der Waals surface area contributed by atoms with Gasteiger partial charge in [-0.3, -0.25) is 4.90 Å². The Morgan fingerprint density at radius 1 is 1.45 bits per heavy atom. The van der Waals surface area contributed by atoms with Gasteiger partial charge in [-0.2, -0.15) is 0 Å². The maximum atomic E-state index is 5.79. The summed E-state index contributed by atoms with van der Waals surface area (Å²) >= 11 is 0. The minimum Gasteiger partial charge on any atom is -0.360 e. The van der Waals surface area contributed by atoms with Gasteiger partial charge in [0.25, 0.3) is 0 Å². The minimum atomic E-state index is 0.354. The third-order valence-electron chi connectivity index (χ3n) is 1.99. The molecule has 0 amide bonds. The van der Waals surface area contributed by atoms with Crippen LogP contribution in [0.5, 0.6) is 0 Å². The average molecular weight is 157 g/mol. The molecule has 2 nitrogen and oxygen atoms in total. The van der Waals surface area contributed by atoms with E-state index in [0.29, 0.717) is 12.3 Å². The Morgan fingerprint density at radius 2 is 2.09 bits per heavy atom. The summed E-state index contributed by atoms with van der Waals surface area (Å²) in [6.45, 7) is 2.20. The maximum Gasteiger partial charge on any atom is 0.110 e. The Labute approximate surface area is 69.5 Å². The van der Waals surface area contributed by atoms with Crippen LogP contribution in [0.1, 0.15) is 32.6 Å². The van der Waals surface area contributed by atoms with Crippen LogP contribution in [0.2, 0.25) is 0 Å². The summed E-state index contributed by atoms with van der Waals surface area (Å²) in [5.74, 6) is 0. The molecule has 1 rings (SSSR count). The Balaban J connectivity index is 2.19. The molecule has 1 unspecified atom stereocenters. The molecule has 11 heavy (non-hydrogen) atoms. The van der Waals surface area contributed by atoms with E-state index < -0.39 is 0 Å². The van der Waals surface area contributed by atoms with Crippen molar-refractivity contribution >= 4 is 0 Å². The zero-order valence-corrected chi connectivity index (χ0v) is 7.84. The number of rotatable bonds is 5. The quantitative estimate of drug-likeness (QED) is 0.565. The van der Waals surface area contributed by atoms with E-state index in [4.69, 9.17) is 4.74 Å². The predicted octanol–water partition coefficient (Wildman–Crippen LogP) is 1.85. The minimum absolute atomic E-state index is 0.354. The van der Waals surface area contributed by atoms with E-state index in [1.807, 2.05) is 0 Å². The van der Waals surface area contributed by atoms with Crippen molar-refractivity contribution in [2.45, 2.75) is 44.9 Å². The summed E-state index contributed by atoms with van der Waals surface area (Å²) in [4.78, 5) is 2.17. The van der Waals surface area contributed by atoms with Crippen molar-refractivity contribution in [2.24, 2.45) is 0 Å². The fraction of sp³-hybridized carbons (Fsp3) is 1.00. The van der Waals surface area contributed by atoms with Crippen molar-refractivity contribution in [1.29, 1.82) is 0 Å². The largest absolute Gasteiger partial charge is 0.360 e. The second-order valence-corrected chi connectivity index (χ2v) is 3.54. The van der Waals surface area contributed by atoms with E-state index >= 15 is 0 Å². The van der Waals surface area contributed by atoms with E-state index in [0.717, 1.165) is 6.42 Å². The summed E-state index contributed by atoms with van der Waals surface area (Å²) < 4.78 is 5.79. The zero-order chi connectivity index (χ0) is 8.27. The topological polar surface area (TPSA) is 12.5 Å². The Hall–Kier alpha value is -0.0800. The van der Waals surface area contributed by atoms with Gasteiger partial charge < -0.3 is 4.74 Å². The standard InChI is InChI=1S/C9H19NO/c1-4-5-9(10(2)3)11-8-6-7-8/h8-9H,4-7H2,1-3H3.